The average Bonchev–Trinajstić information content (AvgIpc) is 3.56. The Morgan fingerprint density at radius 3 is 1.64 bits per heavy atom. The van der Waals surface area contributed by atoms with Crippen molar-refractivity contribution in [3.63, 3.8) is 0 Å². The molecule has 6 aromatic carbocycles. The molecule has 0 bridgehead atoms. The first-order valence-corrected chi connectivity index (χ1v) is 13.3. The van der Waals surface area contributed by atoms with Crippen molar-refractivity contribution in [2.45, 2.75) is 0 Å². The summed E-state index contributed by atoms with van der Waals surface area (Å²) in [6, 6.07) is 43.8. The molecule has 0 aliphatic carbocycles. The topological polar surface area (TPSA) is 26.3 Å². The van der Waals surface area contributed by atoms with Gasteiger partial charge in [-0.3, -0.25) is 0 Å². The van der Waals surface area contributed by atoms with Gasteiger partial charge in [0.05, 0.1) is 0 Å². The number of hydrogen-bond donors (Lipinski definition) is 0. The number of fused-ring (bicyclic) bond motifs is 6. The van der Waals surface area contributed by atoms with Gasteiger partial charge in [-0.25, -0.2) is 0 Å². The zero-order valence-electron chi connectivity index (χ0n) is 20.8. The lowest BCUT2D eigenvalue weighted by molar-refractivity contribution is 0.669. The highest BCUT2D eigenvalue weighted by molar-refractivity contribution is 6.30. The second-order valence-corrected chi connectivity index (χ2v) is 10.3. The highest BCUT2D eigenvalue weighted by Crippen LogP contribution is 2.42. The van der Waals surface area contributed by atoms with E-state index in [0.717, 1.165) is 82.3 Å². The molecule has 2 nitrogen and oxygen atoms in total. The van der Waals surface area contributed by atoms with Gasteiger partial charge >= 0.3 is 0 Å². The van der Waals surface area contributed by atoms with Crippen LogP contribution in [0.25, 0.3) is 77.3 Å². The predicted octanol–water partition coefficient (Wildman–Crippen LogP) is 11.1. The van der Waals surface area contributed by atoms with Crippen LogP contribution in [0.15, 0.2) is 136 Å². The molecule has 3 heteroatoms. The molecule has 8 rings (SSSR count). The maximum absolute atomic E-state index is 6.49. The fourth-order valence-electron chi connectivity index (χ4n) is 5.73. The Bertz CT molecular complexity index is 2160. The summed E-state index contributed by atoms with van der Waals surface area (Å²) >= 11 is 6.18. The van der Waals surface area contributed by atoms with Gasteiger partial charge in [0.15, 0.2) is 0 Å². The zero-order valence-corrected chi connectivity index (χ0v) is 21.6. The van der Waals surface area contributed by atoms with Gasteiger partial charge in [-0.2, -0.15) is 0 Å². The quantitative estimate of drug-likeness (QED) is 0.231. The molecule has 2 aromatic heterocycles. The summed E-state index contributed by atoms with van der Waals surface area (Å²) in [4.78, 5) is 0. The minimum absolute atomic E-state index is 0.724. The molecule has 0 N–H and O–H groups in total. The van der Waals surface area contributed by atoms with E-state index in [4.69, 9.17) is 20.4 Å². The molecule has 8 aromatic rings. The molecule has 0 spiro atoms. The van der Waals surface area contributed by atoms with Crippen LogP contribution in [-0.4, -0.2) is 0 Å². The fourth-order valence-corrected chi connectivity index (χ4v) is 5.86. The molecular formula is C36H21ClO2. The normalized spacial score (nSPS) is 11.7. The molecular weight excluding hydrogens is 500 g/mol. The summed E-state index contributed by atoms with van der Waals surface area (Å²) < 4.78 is 12.8. The smallest absolute Gasteiger partial charge is 0.143 e. The van der Waals surface area contributed by atoms with Crippen molar-refractivity contribution in [2.75, 3.05) is 0 Å². The maximum Gasteiger partial charge on any atom is 0.143 e. The third-order valence-corrected chi connectivity index (χ3v) is 7.84. The summed E-state index contributed by atoms with van der Waals surface area (Å²) in [7, 11) is 0. The number of furan rings is 2. The Labute approximate surface area is 229 Å². The lowest BCUT2D eigenvalue weighted by Crippen LogP contribution is -1.85. The van der Waals surface area contributed by atoms with Crippen LogP contribution in [0.1, 0.15) is 0 Å². The highest BCUT2D eigenvalue weighted by atomic mass is 35.5. The van der Waals surface area contributed by atoms with Gasteiger partial charge in [0, 0.05) is 37.7 Å². The van der Waals surface area contributed by atoms with Gasteiger partial charge in [-0.1, -0.05) is 109 Å². The molecule has 39 heavy (non-hydrogen) atoms. The second kappa shape index (κ2) is 8.62. The Balaban J connectivity index is 1.29. The monoisotopic (exact) mass is 520 g/mol. The van der Waals surface area contributed by atoms with E-state index in [1.807, 2.05) is 36.4 Å². The first kappa shape index (κ1) is 22.2. The third kappa shape index (κ3) is 3.49. The molecule has 0 amide bonds. The third-order valence-electron chi connectivity index (χ3n) is 7.59. The molecule has 0 unspecified atom stereocenters. The molecule has 0 saturated heterocycles. The van der Waals surface area contributed by atoms with Gasteiger partial charge in [-0.15, -0.1) is 0 Å². The van der Waals surface area contributed by atoms with Crippen LogP contribution in [0.3, 0.4) is 0 Å². The van der Waals surface area contributed by atoms with Gasteiger partial charge < -0.3 is 8.83 Å². The molecule has 0 atom stereocenters. The Hall–Kier alpha value is -4.79. The van der Waals surface area contributed by atoms with Gasteiger partial charge in [0.25, 0.3) is 0 Å². The van der Waals surface area contributed by atoms with Crippen molar-refractivity contribution in [3.8, 4) is 33.4 Å². The van der Waals surface area contributed by atoms with Gasteiger partial charge in [0.1, 0.15) is 22.3 Å². The number of benzene rings is 6. The lowest BCUT2D eigenvalue weighted by atomic mass is 9.94. The van der Waals surface area contributed by atoms with Crippen molar-refractivity contribution in [2.24, 2.45) is 0 Å². The molecule has 0 aliphatic rings. The number of para-hydroxylation sites is 3. The van der Waals surface area contributed by atoms with Crippen LogP contribution in [0.2, 0.25) is 5.02 Å². The molecule has 0 fully saturated rings. The van der Waals surface area contributed by atoms with E-state index in [9.17, 15) is 0 Å². The second-order valence-electron chi connectivity index (χ2n) is 9.83. The number of hydrogen-bond acceptors (Lipinski definition) is 2. The van der Waals surface area contributed by atoms with E-state index in [-0.39, 0.29) is 0 Å². The summed E-state index contributed by atoms with van der Waals surface area (Å²) in [6.45, 7) is 0. The SMILES string of the molecule is Clc1ccc(-c2ccc(-c3ccc(-c4cccc5c4oc4ccccc45)cc3)c3oc4ccccc4c23)cc1. The molecule has 0 saturated carbocycles. The molecule has 184 valence electrons. The largest absolute Gasteiger partial charge is 0.455 e. The van der Waals surface area contributed by atoms with Crippen LogP contribution in [0.4, 0.5) is 0 Å². The Kier molecular flexibility index (Phi) is 4.91. The van der Waals surface area contributed by atoms with E-state index in [1.165, 1.54) is 0 Å². The van der Waals surface area contributed by atoms with Gasteiger partial charge in [0.2, 0.25) is 0 Å². The number of halogens is 1. The minimum Gasteiger partial charge on any atom is -0.455 e. The van der Waals surface area contributed by atoms with E-state index < -0.39 is 0 Å². The first-order valence-electron chi connectivity index (χ1n) is 13.0. The summed E-state index contributed by atoms with van der Waals surface area (Å²) in [5.74, 6) is 0. The summed E-state index contributed by atoms with van der Waals surface area (Å²) in [5, 5.41) is 5.21. The van der Waals surface area contributed by atoms with E-state index in [0.29, 0.717) is 0 Å². The van der Waals surface area contributed by atoms with E-state index >= 15 is 0 Å². The van der Waals surface area contributed by atoms with Crippen molar-refractivity contribution in [1.29, 1.82) is 0 Å². The zero-order chi connectivity index (χ0) is 25.9. The first-order chi connectivity index (χ1) is 19.2. The van der Waals surface area contributed by atoms with Crippen molar-refractivity contribution in [3.05, 3.63) is 132 Å². The Morgan fingerprint density at radius 2 is 0.897 bits per heavy atom. The fraction of sp³-hybridized carbons (Fsp3) is 0. The summed E-state index contributed by atoms with van der Waals surface area (Å²) in [6.07, 6.45) is 0. The van der Waals surface area contributed by atoms with E-state index in [2.05, 4.69) is 91.0 Å². The molecule has 0 radical (unpaired) electrons. The van der Waals surface area contributed by atoms with Crippen LogP contribution in [-0.2, 0) is 0 Å². The van der Waals surface area contributed by atoms with Crippen LogP contribution in [0, 0.1) is 0 Å². The standard InChI is InChI=1S/C36H21ClO2/c37-25-18-16-22(17-19-25)26-20-21-28(36-34(26)31-7-2-4-11-33(31)39-36)24-14-12-23(13-15-24)27-8-5-9-30-29-6-1-3-10-32(29)38-35(27)30/h1-21H. The predicted molar refractivity (Wildman–Crippen MR) is 162 cm³/mol. The van der Waals surface area contributed by atoms with Crippen molar-refractivity contribution in [1.82, 2.24) is 0 Å². The van der Waals surface area contributed by atoms with Crippen molar-refractivity contribution < 1.29 is 8.83 Å². The number of rotatable bonds is 3. The van der Waals surface area contributed by atoms with Crippen LogP contribution < -0.4 is 0 Å². The lowest BCUT2D eigenvalue weighted by Gasteiger charge is -2.10. The summed E-state index contributed by atoms with van der Waals surface area (Å²) in [5.41, 5.74) is 10.2. The maximum atomic E-state index is 6.49. The van der Waals surface area contributed by atoms with Crippen LogP contribution in [0.5, 0.6) is 0 Å². The molecule has 2 heterocycles. The molecule has 0 aliphatic heterocycles. The van der Waals surface area contributed by atoms with Crippen LogP contribution >= 0.6 is 11.6 Å². The van der Waals surface area contributed by atoms with Crippen molar-refractivity contribution >= 4 is 55.5 Å². The average molecular weight is 521 g/mol. The Morgan fingerprint density at radius 1 is 0.385 bits per heavy atom. The van der Waals surface area contributed by atoms with E-state index in [1.54, 1.807) is 0 Å². The van der Waals surface area contributed by atoms with Gasteiger partial charge in [-0.05, 0) is 52.6 Å². The minimum atomic E-state index is 0.724. The highest BCUT2D eigenvalue weighted by Gasteiger charge is 2.18.